The van der Waals surface area contributed by atoms with Gasteiger partial charge in [0.25, 0.3) is 0 Å². The Morgan fingerprint density at radius 1 is 1.09 bits per heavy atom. The first-order valence-corrected chi connectivity index (χ1v) is 12.6. The highest BCUT2D eigenvalue weighted by atomic mass is 32.2. The lowest BCUT2D eigenvalue weighted by molar-refractivity contribution is -0.128. The number of fused-ring (bicyclic) bond motifs is 1. The van der Waals surface area contributed by atoms with Crippen molar-refractivity contribution in [3.63, 3.8) is 0 Å². The Morgan fingerprint density at radius 3 is 2.66 bits per heavy atom. The highest BCUT2D eigenvalue weighted by molar-refractivity contribution is 7.99. The Labute approximate surface area is 192 Å². The number of piperazine rings is 1. The molecule has 2 aromatic rings. The van der Waals surface area contributed by atoms with Crippen LogP contribution in [0.1, 0.15) is 30.5 Å². The van der Waals surface area contributed by atoms with E-state index in [1.807, 2.05) is 27.7 Å². The zero-order valence-corrected chi connectivity index (χ0v) is 19.2. The predicted octanol–water partition coefficient (Wildman–Crippen LogP) is 2.35. The number of hydrogen-bond donors (Lipinski definition) is 0. The van der Waals surface area contributed by atoms with Gasteiger partial charge in [0, 0.05) is 49.7 Å². The second-order valence-corrected chi connectivity index (χ2v) is 9.68. The van der Waals surface area contributed by atoms with E-state index in [1.165, 1.54) is 17.4 Å². The van der Waals surface area contributed by atoms with E-state index in [9.17, 15) is 9.59 Å². The summed E-state index contributed by atoms with van der Waals surface area (Å²) in [6.45, 7) is 4.51. The summed E-state index contributed by atoms with van der Waals surface area (Å²) in [5, 5.41) is 0.752. The van der Waals surface area contributed by atoms with Crippen LogP contribution in [0.25, 0.3) is 0 Å². The van der Waals surface area contributed by atoms with Gasteiger partial charge in [-0.3, -0.25) is 9.36 Å². The molecule has 1 unspecified atom stereocenters. The third kappa shape index (κ3) is 4.57. The molecule has 2 aliphatic heterocycles. The van der Waals surface area contributed by atoms with Crippen molar-refractivity contribution in [3.05, 3.63) is 52.1 Å². The molecule has 1 aromatic carbocycles. The molecule has 32 heavy (non-hydrogen) atoms. The van der Waals surface area contributed by atoms with Crippen LogP contribution < -0.4 is 10.6 Å². The second kappa shape index (κ2) is 9.67. The van der Waals surface area contributed by atoms with Gasteiger partial charge in [0.2, 0.25) is 5.91 Å². The second-order valence-electron chi connectivity index (χ2n) is 8.72. The van der Waals surface area contributed by atoms with Crippen molar-refractivity contribution in [1.29, 1.82) is 0 Å². The van der Waals surface area contributed by atoms with Crippen LogP contribution in [0.2, 0.25) is 0 Å². The molecule has 5 rings (SSSR count). The van der Waals surface area contributed by atoms with Crippen molar-refractivity contribution in [3.8, 4) is 0 Å². The van der Waals surface area contributed by atoms with E-state index >= 15 is 0 Å². The highest BCUT2D eigenvalue weighted by Gasteiger charge is 2.26. The number of carbonyl (C=O) groups is 1. The van der Waals surface area contributed by atoms with Crippen LogP contribution in [0, 0.1) is 0 Å². The standard InChI is InChI=1S/C24H30N4O3S/c29-22(27-13-11-26(12-14-27)18-6-2-1-3-7-18)17-32-23-20-9-4-10-21(20)28(24(30)25-23)16-19-8-5-15-31-19/h1-3,6-7,19H,4-5,8-17H2. The third-order valence-electron chi connectivity index (χ3n) is 6.70. The molecule has 2 saturated heterocycles. The van der Waals surface area contributed by atoms with Gasteiger partial charge in [0.15, 0.2) is 0 Å². The molecule has 1 amide bonds. The highest BCUT2D eigenvalue weighted by Crippen LogP contribution is 2.30. The summed E-state index contributed by atoms with van der Waals surface area (Å²) in [7, 11) is 0. The fraction of sp³-hybridized carbons (Fsp3) is 0.542. The maximum atomic E-state index is 12.9. The average Bonchev–Trinajstić information content (AvgIpc) is 3.52. The van der Waals surface area contributed by atoms with E-state index in [4.69, 9.17) is 4.74 Å². The fourth-order valence-corrected chi connectivity index (χ4v) is 5.94. The lowest BCUT2D eigenvalue weighted by Crippen LogP contribution is -2.49. The van der Waals surface area contributed by atoms with Crippen LogP contribution in [-0.4, -0.2) is 65.0 Å². The summed E-state index contributed by atoms with van der Waals surface area (Å²) in [5.74, 6) is 0.458. The summed E-state index contributed by atoms with van der Waals surface area (Å²) in [6, 6.07) is 10.3. The lowest BCUT2D eigenvalue weighted by atomic mass is 10.2. The topological polar surface area (TPSA) is 67.7 Å². The van der Waals surface area contributed by atoms with Crippen molar-refractivity contribution in [1.82, 2.24) is 14.5 Å². The maximum Gasteiger partial charge on any atom is 0.348 e. The number of rotatable bonds is 6. The molecule has 1 aromatic heterocycles. The van der Waals surface area contributed by atoms with Crippen molar-refractivity contribution in [2.75, 3.05) is 43.4 Å². The van der Waals surface area contributed by atoms with Gasteiger partial charge in [-0.25, -0.2) is 4.79 Å². The molecule has 170 valence electrons. The van der Waals surface area contributed by atoms with Crippen molar-refractivity contribution < 1.29 is 9.53 Å². The monoisotopic (exact) mass is 454 g/mol. The number of benzene rings is 1. The zero-order valence-electron chi connectivity index (χ0n) is 18.4. The molecular formula is C24H30N4O3S. The Balaban J connectivity index is 1.21. The first kappa shape index (κ1) is 21.5. The fourth-order valence-electron chi connectivity index (χ4n) is 4.96. The predicted molar refractivity (Wildman–Crippen MR) is 125 cm³/mol. The number of thioether (sulfide) groups is 1. The molecule has 0 bridgehead atoms. The van der Waals surface area contributed by atoms with Crippen molar-refractivity contribution >= 4 is 23.4 Å². The van der Waals surface area contributed by atoms with Gasteiger partial charge in [0.05, 0.1) is 18.4 Å². The van der Waals surface area contributed by atoms with Gasteiger partial charge in [-0.15, -0.1) is 0 Å². The van der Waals surface area contributed by atoms with Gasteiger partial charge >= 0.3 is 5.69 Å². The molecule has 0 radical (unpaired) electrons. The number of ether oxygens (including phenoxy) is 1. The average molecular weight is 455 g/mol. The molecule has 1 aliphatic carbocycles. The molecule has 8 heteroatoms. The minimum Gasteiger partial charge on any atom is -0.376 e. The quantitative estimate of drug-likeness (QED) is 0.493. The lowest BCUT2D eigenvalue weighted by Gasteiger charge is -2.36. The minimum atomic E-state index is -0.201. The number of amides is 1. The molecule has 0 N–H and O–H groups in total. The van der Waals surface area contributed by atoms with Gasteiger partial charge in [0.1, 0.15) is 5.03 Å². The van der Waals surface area contributed by atoms with Gasteiger partial charge in [-0.2, -0.15) is 4.98 Å². The van der Waals surface area contributed by atoms with Crippen LogP contribution in [0.3, 0.4) is 0 Å². The third-order valence-corrected chi connectivity index (χ3v) is 7.70. The SMILES string of the molecule is O=C(CSc1nc(=O)n(CC2CCCO2)c2c1CCC2)N1CCN(c2ccccc2)CC1. The van der Waals surface area contributed by atoms with Crippen molar-refractivity contribution in [2.45, 2.75) is 49.8 Å². The molecule has 0 saturated carbocycles. The van der Waals surface area contributed by atoms with E-state index in [0.717, 1.165) is 81.2 Å². The van der Waals surface area contributed by atoms with E-state index < -0.39 is 0 Å². The molecule has 3 heterocycles. The Morgan fingerprint density at radius 2 is 1.91 bits per heavy atom. The summed E-state index contributed by atoms with van der Waals surface area (Å²) in [5.41, 5.74) is 3.27. The summed E-state index contributed by atoms with van der Waals surface area (Å²) in [6.07, 6.45) is 5.06. The number of aromatic nitrogens is 2. The molecule has 7 nitrogen and oxygen atoms in total. The van der Waals surface area contributed by atoms with Crippen LogP contribution in [-0.2, 0) is 28.9 Å². The normalized spacial score (nSPS) is 20.6. The Hall–Kier alpha value is -2.32. The molecule has 2 fully saturated rings. The van der Waals surface area contributed by atoms with Crippen LogP contribution in [0.15, 0.2) is 40.2 Å². The number of carbonyl (C=O) groups excluding carboxylic acids is 1. The van der Waals surface area contributed by atoms with Crippen molar-refractivity contribution in [2.24, 2.45) is 0 Å². The summed E-state index contributed by atoms with van der Waals surface area (Å²) in [4.78, 5) is 34.3. The summed E-state index contributed by atoms with van der Waals surface area (Å²) < 4.78 is 7.56. The smallest absolute Gasteiger partial charge is 0.348 e. The van der Waals surface area contributed by atoms with E-state index in [0.29, 0.717) is 12.3 Å². The van der Waals surface area contributed by atoms with Gasteiger partial charge < -0.3 is 14.5 Å². The molecule has 1 atom stereocenters. The minimum absolute atomic E-state index is 0.119. The molecular weight excluding hydrogens is 424 g/mol. The Kier molecular flexibility index (Phi) is 6.50. The first-order chi connectivity index (χ1) is 15.7. The van der Waals surface area contributed by atoms with Crippen LogP contribution >= 0.6 is 11.8 Å². The first-order valence-electron chi connectivity index (χ1n) is 11.6. The van der Waals surface area contributed by atoms with E-state index in [1.54, 1.807) is 0 Å². The number of nitrogens with zero attached hydrogens (tertiary/aromatic N) is 4. The van der Waals surface area contributed by atoms with Gasteiger partial charge in [-0.1, -0.05) is 30.0 Å². The zero-order chi connectivity index (χ0) is 21.9. The number of anilines is 1. The Bertz CT molecular complexity index is 1010. The van der Waals surface area contributed by atoms with Crippen LogP contribution in [0.5, 0.6) is 0 Å². The largest absolute Gasteiger partial charge is 0.376 e. The maximum absolute atomic E-state index is 12.9. The van der Waals surface area contributed by atoms with E-state index in [2.05, 4.69) is 22.0 Å². The number of hydrogen-bond acceptors (Lipinski definition) is 6. The molecule has 0 spiro atoms. The molecule has 3 aliphatic rings. The van der Waals surface area contributed by atoms with Crippen LogP contribution in [0.4, 0.5) is 5.69 Å². The number of para-hydroxylation sites is 1. The van der Waals surface area contributed by atoms with E-state index in [-0.39, 0.29) is 17.7 Å². The van der Waals surface area contributed by atoms with Gasteiger partial charge in [-0.05, 0) is 44.2 Å². The summed E-state index contributed by atoms with van der Waals surface area (Å²) >= 11 is 1.43.